The summed E-state index contributed by atoms with van der Waals surface area (Å²) < 4.78 is 0. The Bertz CT molecular complexity index is 456. The molecule has 0 aromatic heterocycles. The van der Waals surface area contributed by atoms with E-state index >= 15 is 0 Å². The summed E-state index contributed by atoms with van der Waals surface area (Å²) in [5.74, 6) is -1.03. The van der Waals surface area contributed by atoms with Gasteiger partial charge in [-0.25, -0.2) is 9.59 Å². The highest BCUT2D eigenvalue weighted by Gasteiger charge is 2.50. The lowest BCUT2D eigenvalue weighted by molar-refractivity contribution is -0.140. The Morgan fingerprint density at radius 1 is 1.35 bits per heavy atom. The quantitative estimate of drug-likeness (QED) is 0.813. The molecule has 1 aliphatic rings. The Morgan fingerprint density at radius 3 is 2.41 bits per heavy atom. The smallest absolute Gasteiger partial charge is 0.328 e. The molecule has 5 heteroatoms. The van der Waals surface area contributed by atoms with E-state index in [1.807, 2.05) is 18.2 Å². The second-order valence-corrected chi connectivity index (χ2v) is 4.55. The first-order chi connectivity index (χ1) is 7.94. The molecule has 5 nitrogen and oxygen atoms in total. The summed E-state index contributed by atoms with van der Waals surface area (Å²) in [7, 11) is 0. The van der Waals surface area contributed by atoms with Gasteiger partial charge in [0.05, 0.1) is 5.54 Å². The molecular formula is C12H14N2O3. The molecule has 2 rings (SSSR count). The van der Waals surface area contributed by atoms with Crippen LogP contribution in [0.15, 0.2) is 30.3 Å². The lowest BCUT2D eigenvalue weighted by Gasteiger charge is -2.32. The molecule has 0 saturated carbocycles. The van der Waals surface area contributed by atoms with Gasteiger partial charge >= 0.3 is 12.0 Å². The van der Waals surface area contributed by atoms with Gasteiger partial charge in [0.2, 0.25) is 0 Å². The van der Waals surface area contributed by atoms with Gasteiger partial charge in [-0.2, -0.15) is 0 Å². The van der Waals surface area contributed by atoms with Crippen LogP contribution in [0.3, 0.4) is 0 Å². The number of carbonyl (C=O) groups excluding carboxylic acids is 1. The maximum Gasteiger partial charge on any atom is 0.328 e. The van der Waals surface area contributed by atoms with Gasteiger partial charge in [0.15, 0.2) is 6.04 Å². The number of carboxylic acid groups (broad SMARTS) is 1. The second kappa shape index (κ2) is 3.76. The van der Waals surface area contributed by atoms with Crippen LogP contribution in [0.2, 0.25) is 0 Å². The molecule has 0 bridgehead atoms. The summed E-state index contributed by atoms with van der Waals surface area (Å²) in [6.07, 6.45) is 0. The van der Waals surface area contributed by atoms with Crippen LogP contribution in [0.1, 0.15) is 13.8 Å². The molecule has 90 valence electrons. The Hall–Kier alpha value is -2.04. The molecule has 0 aliphatic carbocycles. The Morgan fingerprint density at radius 2 is 1.94 bits per heavy atom. The van der Waals surface area contributed by atoms with Crippen molar-refractivity contribution in [2.45, 2.75) is 25.4 Å². The first-order valence-electron chi connectivity index (χ1n) is 5.33. The Balaban J connectivity index is 2.42. The molecule has 17 heavy (non-hydrogen) atoms. The molecule has 1 aromatic carbocycles. The summed E-state index contributed by atoms with van der Waals surface area (Å²) >= 11 is 0. The third kappa shape index (κ3) is 1.73. The van der Waals surface area contributed by atoms with E-state index in [-0.39, 0.29) is 6.03 Å². The minimum atomic E-state index is -1.03. The van der Waals surface area contributed by atoms with Gasteiger partial charge in [0, 0.05) is 5.69 Å². The molecule has 2 N–H and O–H groups in total. The average molecular weight is 234 g/mol. The SMILES string of the molecule is CC1(C)C(C(=O)O)NC(=O)N1c1ccccc1. The first-order valence-corrected chi connectivity index (χ1v) is 5.33. The van der Waals surface area contributed by atoms with Gasteiger partial charge in [-0.3, -0.25) is 4.90 Å². The summed E-state index contributed by atoms with van der Waals surface area (Å²) in [5.41, 5.74) is -0.108. The zero-order valence-corrected chi connectivity index (χ0v) is 9.68. The number of aliphatic carboxylic acids is 1. The summed E-state index contributed by atoms with van der Waals surface area (Å²) in [6, 6.07) is 7.75. The fourth-order valence-electron chi connectivity index (χ4n) is 2.15. The number of benzene rings is 1. The molecule has 0 radical (unpaired) electrons. The van der Waals surface area contributed by atoms with Crippen molar-refractivity contribution in [3.05, 3.63) is 30.3 Å². The maximum atomic E-state index is 11.9. The molecule has 1 heterocycles. The minimum absolute atomic E-state index is 0.381. The summed E-state index contributed by atoms with van der Waals surface area (Å²) in [4.78, 5) is 24.4. The number of nitrogens with one attached hydrogen (secondary N) is 1. The molecule has 1 fully saturated rings. The van der Waals surface area contributed by atoms with Crippen LogP contribution >= 0.6 is 0 Å². The van der Waals surface area contributed by atoms with Gasteiger partial charge in [-0.15, -0.1) is 0 Å². The van der Waals surface area contributed by atoms with Crippen LogP contribution in [0.5, 0.6) is 0 Å². The van der Waals surface area contributed by atoms with Crippen molar-refractivity contribution in [3.63, 3.8) is 0 Å². The van der Waals surface area contributed by atoms with Crippen molar-refractivity contribution in [1.82, 2.24) is 5.32 Å². The normalized spacial score (nSPS) is 22.4. The number of carbonyl (C=O) groups is 2. The summed E-state index contributed by atoms with van der Waals surface area (Å²) in [6.45, 7) is 3.47. The van der Waals surface area contributed by atoms with Gasteiger partial charge in [0.1, 0.15) is 0 Å². The zero-order chi connectivity index (χ0) is 12.6. The number of urea groups is 1. The van der Waals surface area contributed by atoms with Crippen LogP contribution in [0.4, 0.5) is 10.5 Å². The largest absolute Gasteiger partial charge is 0.480 e. The number of hydrogen-bond acceptors (Lipinski definition) is 2. The first kappa shape index (κ1) is 11.4. The number of rotatable bonds is 2. The lowest BCUT2D eigenvalue weighted by atomic mass is 9.94. The van der Waals surface area contributed by atoms with E-state index < -0.39 is 17.6 Å². The maximum absolute atomic E-state index is 11.9. The van der Waals surface area contributed by atoms with Crippen LogP contribution in [-0.4, -0.2) is 28.7 Å². The number of para-hydroxylation sites is 1. The van der Waals surface area contributed by atoms with Crippen LogP contribution < -0.4 is 10.2 Å². The number of amides is 2. The van der Waals surface area contributed by atoms with E-state index in [1.54, 1.807) is 26.0 Å². The number of carboxylic acids is 1. The molecule has 1 aliphatic heterocycles. The van der Waals surface area contributed by atoms with Crippen molar-refractivity contribution < 1.29 is 14.7 Å². The van der Waals surface area contributed by atoms with E-state index in [4.69, 9.17) is 5.11 Å². The Labute approximate surface area is 99.0 Å². The second-order valence-electron chi connectivity index (χ2n) is 4.55. The van der Waals surface area contributed by atoms with E-state index in [2.05, 4.69) is 5.32 Å². The zero-order valence-electron chi connectivity index (χ0n) is 9.68. The van der Waals surface area contributed by atoms with Gasteiger partial charge in [0.25, 0.3) is 0 Å². The topological polar surface area (TPSA) is 69.6 Å². The van der Waals surface area contributed by atoms with Crippen LogP contribution in [0, 0.1) is 0 Å². The fourth-order valence-corrected chi connectivity index (χ4v) is 2.15. The van der Waals surface area contributed by atoms with Gasteiger partial charge in [-0.05, 0) is 26.0 Å². The molecule has 1 saturated heterocycles. The fraction of sp³-hybridized carbons (Fsp3) is 0.333. The minimum Gasteiger partial charge on any atom is -0.480 e. The highest BCUT2D eigenvalue weighted by Crippen LogP contribution is 2.31. The van der Waals surface area contributed by atoms with Crippen molar-refractivity contribution in [2.24, 2.45) is 0 Å². The molecule has 1 unspecified atom stereocenters. The third-order valence-corrected chi connectivity index (χ3v) is 3.02. The van der Waals surface area contributed by atoms with Crippen molar-refractivity contribution in [1.29, 1.82) is 0 Å². The van der Waals surface area contributed by atoms with E-state index in [0.717, 1.165) is 0 Å². The van der Waals surface area contributed by atoms with Crippen molar-refractivity contribution in [2.75, 3.05) is 4.90 Å². The van der Waals surface area contributed by atoms with Crippen molar-refractivity contribution in [3.8, 4) is 0 Å². The van der Waals surface area contributed by atoms with E-state index in [0.29, 0.717) is 5.69 Å². The highest BCUT2D eigenvalue weighted by molar-refractivity contribution is 6.01. The standard InChI is InChI=1S/C12H14N2O3/c1-12(2)9(10(15)16)13-11(17)14(12)8-6-4-3-5-7-8/h3-7,9H,1-2H3,(H,13,17)(H,15,16). The van der Waals surface area contributed by atoms with E-state index in [1.165, 1.54) is 4.90 Å². The highest BCUT2D eigenvalue weighted by atomic mass is 16.4. The Kier molecular flexibility index (Phi) is 2.53. The predicted octanol–water partition coefficient (Wildman–Crippen LogP) is 1.45. The number of hydrogen-bond donors (Lipinski definition) is 2. The van der Waals surface area contributed by atoms with Crippen molar-refractivity contribution >= 4 is 17.7 Å². The number of anilines is 1. The van der Waals surface area contributed by atoms with Crippen LogP contribution in [0.25, 0.3) is 0 Å². The van der Waals surface area contributed by atoms with E-state index in [9.17, 15) is 9.59 Å². The van der Waals surface area contributed by atoms with Gasteiger partial charge < -0.3 is 10.4 Å². The van der Waals surface area contributed by atoms with Gasteiger partial charge in [-0.1, -0.05) is 18.2 Å². The summed E-state index contributed by atoms with van der Waals surface area (Å²) in [5, 5.41) is 11.6. The molecule has 1 aromatic rings. The third-order valence-electron chi connectivity index (χ3n) is 3.02. The lowest BCUT2D eigenvalue weighted by Crippen LogP contribution is -2.50. The average Bonchev–Trinajstić information content (AvgIpc) is 2.50. The monoisotopic (exact) mass is 234 g/mol. The predicted molar refractivity (Wildman–Crippen MR) is 63.0 cm³/mol. The van der Waals surface area contributed by atoms with Crippen LogP contribution in [-0.2, 0) is 4.79 Å². The molecule has 1 atom stereocenters. The molecule has 2 amide bonds. The molecule has 0 spiro atoms. The number of nitrogens with zero attached hydrogens (tertiary/aromatic N) is 1. The molecular weight excluding hydrogens is 220 g/mol.